The van der Waals surface area contributed by atoms with Crippen LogP contribution >= 0.6 is 0 Å². The number of ether oxygens (including phenoxy) is 1. The third-order valence-electron chi connectivity index (χ3n) is 5.63. The highest BCUT2D eigenvalue weighted by molar-refractivity contribution is 6.62. The molecule has 4 nitrogen and oxygen atoms in total. The van der Waals surface area contributed by atoms with Gasteiger partial charge in [-0.1, -0.05) is 42.5 Å². The van der Waals surface area contributed by atoms with Crippen molar-refractivity contribution >= 4 is 12.6 Å². The van der Waals surface area contributed by atoms with E-state index in [-0.39, 0.29) is 11.2 Å². The van der Waals surface area contributed by atoms with Crippen LogP contribution in [0.2, 0.25) is 0 Å². The molecule has 1 unspecified atom stereocenters. The molecule has 0 amide bonds. The van der Waals surface area contributed by atoms with Crippen LogP contribution in [-0.4, -0.2) is 30.5 Å². The van der Waals surface area contributed by atoms with E-state index in [0.29, 0.717) is 5.75 Å². The van der Waals surface area contributed by atoms with Gasteiger partial charge in [-0.05, 0) is 51.7 Å². The van der Waals surface area contributed by atoms with Gasteiger partial charge in [0.1, 0.15) is 11.4 Å². The first kappa shape index (κ1) is 19.0. The topological polar surface area (TPSA) is 47.9 Å². The fourth-order valence-corrected chi connectivity index (χ4v) is 3.15. The number of hydrogen-bond acceptors (Lipinski definition) is 4. The SMILES string of the molecule is COc1ccccc1C(C)(O)c1ccc(B2OC(C)(C)C(C)(C)O2)cc1. The molecule has 1 heterocycles. The lowest BCUT2D eigenvalue weighted by Gasteiger charge is -2.32. The van der Waals surface area contributed by atoms with Crippen LogP contribution in [0.4, 0.5) is 0 Å². The lowest BCUT2D eigenvalue weighted by atomic mass is 9.77. The van der Waals surface area contributed by atoms with E-state index < -0.39 is 12.7 Å². The van der Waals surface area contributed by atoms with E-state index in [1.165, 1.54) is 0 Å². The standard InChI is InChI=1S/C21H27BO4/c1-19(2)20(3,4)26-22(25-19)16-13-11-15(12-14-16)21(5,23)17-9-7-8-10-18(17)24-6/h7-14,23H,1-6H3. The molecule has 1 fully saturated rings. The van der Waals surface area contributed by atoms with E-state index in [9.17, 15) is 5.11 Å². The van der Waals surface area contributed by atoms with Crippen LogP contribution < -0.4 is 10.2 Å². The zero-order valence-electron chi connectivity index (χ0n) is 16.4. The summed E-state index contributed by atoms with van der Waals surface area (Å²) in [4.78, 5) is 0. The molecule has 1 aliphatic heterocycles. The van der Waals surface area contributed by atoms with E-state index in [2.05, 4.69) is 0 Å². The minimum atomic E-state index is -1.17. The maximum absolute atomic E-state index is 11.1. The summed E-state index contributed by atoms with van der Waals surface area (Å²) in [7, 11) is 1.20. The molecule has 5 heteroatoms. The van der Waals surface area contributed by atoms with Crippen molar-refractivity contribution in [2.45, 2.75) is 51.4 Å². The number of rotatable bonds is 4. The third-order valence-corrected chi connectivity index (χ3v) is 5.63. The highest BCUT2D eigenvalue weighted by atomic mass is 16.7. The van der Waals surface area contributed by atoms with Crippen LogP contribution in [-0.2, 0) is 14.9 Å². The van der Waals surface area contributed by atoms with Gasteiger partial charge in [-0.3, -0.25) is 0 Å². The first-order valence-electron chi connectivity index (χ1n) is 8.90. The van der Waals surface area contributed by atoms with Crippen molar-refractivity contribution in [3.05, 3.63) is 59.7 Å². The van der Waals surface area contributed by atoms with Crippen LogP contribution in [0.3, 0.4) is 0 Å². The summed E-state index contributed by atoms with van der Waals surface area (Å²) < 4.78 is 17.6. The van der Waals surface area contributed by atoms with Gasteiger partial charge in [-0.25, -0.2) is 0 Å². The monoisotopic (exact) mass is 354 g/mol. The van der Waals surface area contributed by atoms with Crippen molar-refractivity contribution in [1.82, 2.24) is 0 Å². The van der Waals surface area contributed by atoms with Crippen molar-refractivity contribution < 1.29 is 19.2 Å². The highest BCUT2D eigenvalue weighted by Gasteiger charge is 2.51. The Hall–Kier alpha value is -1.82. The Kier molecular flexibility index (Phi) is 4.68. The Morgan fingerprint density at radius 1 is 0.923 bits per heavy atom. The quantitative estimate of drug-likeness (QED) is 0.857. The number of para-hydroxylation sites is 1. The first-order chi connectivity index (χ1) is 12.1. The second-order valence-corrected chi connectivity index (χ2v) is 7.98. The van der Waals surface area contributed by atoms with Crippen molar-refractivity contribution in [2.75, 3.05) is 7.11 Å². The molecular formula is C21H27BO4. The van der Waals surface area contributed by atoms with Gasteiger partial charge in [-0.15, -0.1) is 0 Å². The molecule has 0 aliphatic carbocycles. The molecule has 0 spiro atoms. The second kappa shape index (κ2) is 6.41. The number of benzene rings is 2. The molecule has 0 aromatic heterocycles. The van der Waals surface area contributed by atoms with E-state index in [4.69, 9.17) is 14.0 Å². The van der Waals surface area contributed by atoms with E-state index in [1.807, 2.05) is 76.2 Å². The number of hydrogen-bond donors (Lipinski definition) is 1. The Morgan fingerprint density at radius 3 is 2.00 bits per heavy atom. The van der Waals surface area contributed by atoms with E-state index in [0.717, 1.165) is 16.6 Å². The van der Waals surface area contributed by atoms with Gasteiger partial charge in [0.05, 0.1) is 18.3 Å². The maximum Gasteiger partial charge on any atom is 0.494 e. The first-order valence-corrected chi connectivity index (χ1v) is 8.90. The normalized spacial score (nSPS) is 20.7. The van der Waals surface area contributed by atoms with Gasteiger partial charge >= 0.3 is 7.12 Å². The number of methoxy groups -OCH3 is 1. The highest BCUT2D eigenvalue weighted by Crippen LogP contribution is 2.37. The van der Waals surface area contributed by atoms with Gasteiger partial charge in [0.25, 0.3) is 0 Å². The van der Waals surface area contributed by atoms with Crippen LogP contribution in [0.15, 0.2) is 48.5 Å². The Bertz CT molecular complexity index is 765. The Labute approximate surface area is 156 Å². The summed E-state index contributed by atoms with van der Waals surface area (Å²) >= 11 is 0. The molecule has 0 bridgehead atoms. The van der Waals surface area contributed by atoms with Gasteiger partial charge in [0, 0.05) is 5.56 Å². The van der Waals surface area contributed by atoms with Gasteiger partial charge in [0.2, 0.25) is 0 Å². The van der Waals surface area contributed by atoms with Crippen molar-refractivity contribution in [1.29, 1.82) is 0 Å². The van der Waals surface area contributed by atoms with Crippen LogP contribution in [0.25, 0.3) is 0 Å². The molecular weight excluding hydrogens is 327 g/mol. The van der Waals surface area contributed by atoms with Crippen molar-refractivity contribution in [2.24, 2.45) is 0 Å². The molecule has 2 aromatic rings. The second-order valence-electron chi connectivity index (χ2n) is 7.98. The predicted molar refractivity (Wildman–Crippen MR) is 104 cm³/mol. The zero-order valence-corrected chi connectivity index (χ0v) is 16.4. The van der Waals surface area contributed by atoms with E-state index >= 15 is 0 Å². The summed E-state index contributed by atoms with van der Waals surface area (Å²) in [5.74, 6) is 0.660. The van der Waals surface area contributed by atoms with Crippen LogP contribution in [0.1, 0.15) is 45.7 Å². The molecule has 0 saturated carbocycles. The Morgan fingerprint density at radius 2 is 1.46 bits per heavy atom. The van der Waals surface area contributed by atoms with Crippen molar-refractivity contribution in [3.8, 4) is 5.75 Å². The predicted octanol–water partition coefficient (Wildman–Crippen LogP) is 3.25. The molecule has 1 saturated heterocycles. The summed E-state index contributed by atoms with van der Waals surface area (Å²) in [5, 5.41) is 11.1. The summed E-state index contributed by atoms with van der Waals surface area (Å²) in [5.41, 5.74) is 0.524. The smallest absolute Gasteiger partial charge is 0.494 e. The minimum absolute atomic E-state index is 0.376. The minimum Gasteiger partial charge on any atom is -0.496 e. The Balaban J connectivity index is 1.88. The molecule has 1 N–H and O–H groups in total. The summed E-state index contributed by atoms with van der Waals surface area (Å²) in [6.07, 6.45) is 0. The largest absolute Gasteiger partial charge is 0.496 e. The fourth-order valence-electron chi connectivity index (χ4n) is 3.15. The summed E-state index contributed by atoms with van der Waals surface area (Å²) in [6, 6.07) is 15.2. The number of aliphatic hydroxyl groups is 1. The lowest BCUT2D eigenvalue weighted by molar-refractivity contribution is 0.00578. The molecule has 26 heavy (non-hydrogen) atoms. The molecule has 3 rings (SSSR count). The molecule has 1 atom stereocenters. The van der Waals surface area contributed by atoms with Gasteiger partial charge < -0.3 is 19.2 Å². The van der Waals surface area contributed by atoms with Gasteiger partial charge in [0.15, 0.2) is 0 Å². The lowest BCUT2D eigenvalue weighted by Crippen LogP contribution is -2.41. The average Bonchev–Trinajstić information content (AvgIpc) is 2.82. The molecule has 1 aliphatic rings. The zero-order chi connectivity index (χ0) is 19.2. The molecule has 2 aromatic carbocycles. The maximum atomic E-state index is 11.1. The van der Waals surface area contributed by atoms with Crippen LogP contribution in [0, 0.1) is 0 Å². The van der Waals surface area contributed by atoms with E-state index in [1.54, 1.807) is 14.0 Å². The fraction of sp³-hybridized carbons (Fsp3) is 0.429. The summed E-state index contributed by atoms with van der Waals surface area (Å²) in [6.45, 7) is 9.91. The third kappa shape index (κ3) is 3.15. The van der Waals surface area contributed by atoms with Crippen LogP contribution in [0.5, 0.6) is 5.75 Å². The molecule has 0 radical (unpaired) electrons. The van der Waals surface area contributed by atoms with Gasteiger partial charge in [-0.2, -0.15) is 0 Å². The average molecular weight is 354 g/mol. The van der Waals surface area contributed by atoms with Crippen molar-refractivity contribution in [3.63, 3.8) is 0 Å². The molecule has 138 valence electrons.